The summed E-state index contributed by atoms with van der Waals surface area (Å²) in [6.45, 7) is -0.0921. The highest BCUT2D eigenvalue weighted by atomic mass is 35.5. The lowest BCUT2D eigenvalue weighted by Crippen LogP contribution is -2.00. The Labute approximate surface area is 125 Å². The maximum atomic E-state index is 13.1. The van der Waals surface area contributed by atoms with E-state index in [0.29, 0.717) is 17.4 Å². The van der Waals surface area contributed by atoms with Gasteiger partial charge in [-0.05, 0) is 29.8 Å². The number of hydrogen-bond acceptors (Lipinski definition) is 3. The first-order valence-corrected chi connectivity index (χ1v) is 6.31. The molecule has 0 unspecified atom stereocenters. The Balaban J connectivity index is 2.25. The summed E-state index contributed by atoms with van der Waals surface area (Å²) in [5.41, 5.74) is 0.645. The van der Waals surface area contributed by atoms with E-state index in [1.54, 1.807) is 0 Å². The van der Waals surface area contributed by atoms with Gasteiger partial charge < -0.3 is 9.47 Å². The molecule has 0 radical (unpaired) electrons. The van der Waals surface area contributed by atoms with Crippen molar-refractivity contribution in [2.24, 2.45) is 0 Å². The minimum Gasteiger partial charge on any atom is -0.493 e. The Hall–Kier alpha value is -2.14. The maximum Gasteiger partial charge on any atom is 0.180 e. The lowest BCUT2D eigenvalue weighted by molar-refractivity contribution is 0.112. The van der Waals surface area contributed by atoms with Gasteiger partial charge in [0.25, 0.3) is 0 Å². The van der Waals surface area contributed by atoms with Gasteiger partial charge in [0.1, 0.15) is 24.5 Å². The van der Waals surface area contributed by atoms with Crippen LogP contribution in [0.25, 0.3) is 0 Å². The molecule has 0 aliphatic heterocycles. The van der Waals surface area contributed by atoms with Crippen LogP contribution in [0.4, 0.5) is 8.78 Å². The van der Waals surface area contributed by atoms with E-state index in [2.05, 4.69) is 0 Å². The molecule has 0 fully saturated rings. The standard InChI is InChI=1S/C15H11ClF2O3/c1-20-14-5-9(7-19)4-13(16)15(14)21-8-10-2-11(17)6-12(18)3-10/h2-7H,8H2,1H3. The maximum absolute atomic E-state index is 13.1. The average Bonchev–Trinajstić information content (AvgIpc) is 2.44. The van der Waals surface area contributed by atoms with E-state index in [0.717, 1.165) is 18.2 Å². The fraction of sp³-hybridized carbons (Fsp3) is 0.133. The SMILES string of the molecule is COc1cc(C=O)cc(Cl)c1OCc1cc(F)cc(F)c1. The van der Waals surface area contributed by atoms with E-state index in [4.69, 9.17) is 21.1 Å². The van der Waals surface area contributed by atoms with Crippen LogP contribution in [0.3, 0.4) is 0 Å². The van der Waals surface area contributed by atoms with Crippen molar-refractivity contribution >= 4 is 17.9 Å². The summed E-state index contributed by atoms with van der Waals surface area (Å²) in [7, 11) is 1.40. The molecule has 0 aliphatic rings. The first-order valence-electron chi connectivity index (χ1n) is 5.94. The number of hydrogen-bond donors (Lipinski definition) is 0. The lowest BCUT2D eigenvalue weighted by Gasteiger charge is -2.13. The highest BCUT2D eigenvalue weighted by Gasteiger charge is 2.12. The second-order valence-electron chi connectivity index (χ2n) is 4.22. The van der Waals surface area contributed by atoms with Crippen LogP contribution >= 0.6 is 11.6 Å². The van der Waals surface area contributed by atoms with Gasteiger partial charge in [0, 0.05) is 11.6 Å². The molecule has 0 aliphatic carbocycles. The molecule has 0 saturated carbocycles. The zero-order valence-corrected chi connectivity index (χ0v) is 11.8. The number of benzene rings is 2. The Bertz CT molecular complexity index is 654. The van der Waals surface area contributed by atoms with Gasteiger partial charge in [-0.2, -0.15) is 0 Å². The summed E-state index contributed by atoms with van der Waals surface area (Å²) in [4.78, 5) is 10.8. The van der Waals surface area contributed by atoms with Crippen molar-refractivity contribution < 1.29 is 23.0 Å². The van der Waals surface area contributed by atoms with Crippen molar-refractivity contribution in [2.45, 2.75) is 6.61 Å². The highest BCUT2D eigenvalue weighted by molar-refractivity contribution is 6.32. The molecular formula is C15H11ClF2O3. The smallest absolute Gasteiger partial charge is 0.180 e. The molecule has 2 rings (SSSR count). The zero-order chi connectivity index (χ0) is 15.4. The van der Waals surface area contributed by atoms with Gasteiger partial charge in [0.15, 0.2) is 11.5 Å². The molecule has 2 aromatic rings. The second kappa shape index (κ2) is 6.54. The average molecular weight is 313 g/mol. The molecule has 2 aromatic carbocycles. The molecule has 0 bridgehead atoms. The van der Waals surface area contributed by atoms with Crippen molar-refractivity contribution in [3.63, 3.8) is 0 Å². The number of aldehydes is 1. The molecule has 0 aromatic heterocycles. The van der Waals surface area contributed by atoms with Crippen molar-refractivity contribution in [1.29, 1.82) is 0 Å². The third kappa shape index (κ3) is 3.70. The molecule has 0 amide bonds. The van der Waals surface area contributed by atoms with Gasteiger partial charge in [-0.3, -0.25) is 4.79 Å². The summed E-state index contributed by atoms with van der Waals surface area (Å²) < 4.78 is 36.7. The third-order valence-electron chi connectivity index (χ3n) is 2.69. The van der Waals surface area contributed by atoms with Crippen LogP contribution in [0.5, 0.6) is 11.5 Å². The summed E-state index contributed by atoms with van der Waals surface area (Å²) in [5.74, 6) is -0.915. The van der Waals surface area contributed by atoms with Gasteiger partial charge in [0.05, 0.1) is 12.1 Å². The molecule has 0 atom stereocenters. The molecule has 6 heteroatoms. The lowest BCUT2D eigenvalue weighted by atomic mass is 10.2. The van der Waals surface area contributed by atoms with Gasteiger partial charge in [0.2, 0.25) is 0 Å². The third-order valence-corrected chi connectivity index (χ3v) is 2.97. The summed E-state index contributed by atoms with van der Waals surface area (Å²) in [6.07, 6.45) is 0.625. The number of rotatable bonds is 5. The van der Waals surface area contributed by atoms with Crippen LogP contribution in [0.15, 0.2) is 30.3 Å². The summed E-state index contributed by atoms with van der Waals surface area (Å²) >= 11 is 6.01. The molecule has 3 nitrogen and oxygen atoms in total. The number of carbonyl (C=O) groups excluding carboxylic acids is 1. The molecule has 0 N–H and O–H groups in total. The minimum absolute atomic E-state index is 0.0921. The fourth-order valence-electron chi connectivity index (χ4n) is 1.80. The van der Waals surface area contributed by atoms with Crippen molar-refractivity contribution in [1.82, 2.24) is 0 Å². The van der Waals surface area contributed by atoms with Crippen LogP contribution < -0.4 is 9.47 Å². The monoisotopic (exact) mass is 312 g/mol. The van der Waals surface area contributed by atoms with Gasteiger partial charge >= 0.3 is 0 Å². The van der Waals surface area contributed by atoms with E-state index >= 15 is 0 Å². The Morgan fingerprint density at radius 3 is 2.38 bits per heavy atom. The van der Waals surface area contributed by atoms with Crippen LogP contribution in [0.2, 0.25) is 5.02 Å². The first-order chi connectivity index (χ1) is 10.0. The minimum atomic E-state index is -0.692. The van der Waals surface area contributed by atoms with Crippen LogP contribution in [0, 0.1) is 11.6 Å². The van der Waals surface area contributed by atoms with Crippen molar-refractivity contribution in [3.8, 4) is 11.5 Å². The predicted molar refractivity (Wildman–Crippen MR) is 74.1 cm³/mol. The molecule has 21 heavy (non-hydrogen) atoms. The second-order valence-corrected chi connectivity index (χ2v) is 4.63. The highest BCUT2D eigenvalue weighted by Crippen LogP contribution is 2.36. The van der Waals surface area contributed by atoms with Crippen LogP contribution in [0.1, 0.15) is 15.9 Å². The zero-order valence-electron chi connectivity index (χ0n) is 11.0. The van der Waals surface area contributed by atoms with Crippen LogP contribution in [-0.2, 0) is 6.61 Å². The normalized spacial score (nSPS) is 10.3. The topological polar surface area (TPSA) is 35.5 Å². The molecule has 0 heterocycles. The van der Waals surface area contributed by atoms with Gasteiger partial charge in [-0.25, -0.2) is 8.78 Å². The Morgan fingerprint density at radius 2 is 1.81 bits per heavy atom. The quantitative estimate of drug-likeness (QED) is 0.782. The van der Waals surface area contributed by atoms with E-state index in [1.807, 2.05) is 0 Å². The Morgan fingerprint density at radius 1 is 1.14 bits per heavy atom. The molecule has 0 saturated heterocycles. The Kier molecular flexibility index (Phi) is 4.75. The van der Waals surface area contributed by atoms with Crippen molar-refractivity contribution in [2.75, 3.05) is 7.11 Å². The fourth-order valence-corrected chi connectivity index (χ4v) is 2.07. The molecular weight excluding hydrogens is 302 g/mol. The van der Waals surface area contributed by atoms with Crippen molar-refractivity contribution in [3.05, 3.63) is 58.1 Å². The molecule has 110 valence electrons. The van der Waals surface area contributed by atoms with E-state index < -0.39 is 11.6 Å². The number of carbonyl (C=O) groups is 1. The van der Waals surface area contributed by atoms with Gasteiger partial charge in [-0.15, -0.1) is 0 Å². The molecule has 0 spiro atoms. The summed E-state index contributed by atoms with van der Waals surface area (Å²) in [5, 5.41) is 0.174. The van der Waals surface area contributed by atoms with Crippen LogP contribution in [-0.4, -0.2) is 13.4 Å². The van der Waals surface area contributed by atoms with E-state index in [9.17, 15) is 13.6 Å². The number of halogens is 3. The number of ether oxygens (including phenoxy) is 2. The number of methoxy groups -OCH3 is 1. The van der Waals surface area contributed by atoms with Gasteiger partial charge in [-0.1, -0.05) is 11.6 Å². The largest absolute Gasteiger partial charge is 0.493 e. The first kappa shape index (κ1) is 15.3. The predicted octanol–water partition coefficient (Wildman–Crippen LogP) is 4.02. The van der Waals surface area contributed by atoms with E-state index in [1.165, 1.54) is 19.2 Å². The summed E-state index contributed by atoms with van der Waals surface area (Å²) in [6, 6.07) is 5.96. The van der Waals surface area contributed by atoms with E-state index in [-0.39, 0.29) is 23.1 Å².